The van der Waals surface area contributed by atoms with Gasteiger partial charge in [-0.25, -0.2) is 9.97 Å². The fourth-order valence-corrected chi connectivity index (χ4v) is 2.98. The largest absolute Gasteiger partial charge is 0.495 e. The van der Waals surface area contributed by atoms with Crippen LogP contribution in [0.25, 0.3) is 0 Å². The molecule has 0 bridgehead atoms. The molecule has 7 heteroatoms. The predicted molar refractivity (Wildman–Crippen MR) is 93.5 cm³/mol. The second-order valence-electron chi connectivity index (χ2n) is 5.92. The molecule has 2 heterocycles. The number of aryl methyl sites for hydroxylation is 1. The van der Waals surface area contributed by atoms with Crippen molar-refractivity contribution in [3.63, 3.8) is 0 Å². The predicted octanol–water partition coefficient (Wildman–Crippen LogP) is 2.27. The van der Waals surface area contributed by atoms with Gasteiger partial charge >= 0.3 is 0 Å². The van der Waals surface area contributed by atoms with E-state index in [-0.39, 0.29) is 17.6 Å². The Hall–Kier alpha value is -3.14. The second kappa shape index (κ2) is 7.18. The lowest BCUT2D eigenvalue weighted by Gasteiger charge is -2.25. The number of hydrogen-bond donors (Lipinski definition) is 1. The van der Waals surface area contributed by atoms with E-state index in [0.717, 1.165) is 24.9 Å². The Morgan fingerprint density at radius 2 is 2.24 bits per heavy atom. The maximum atomic E-state index is 12.8. The molecular formula is C18H19N5O2. The number of hydrogen-bond acceptors (Lipinski definition) is 6. The lowest BCUT2D eigenvalue weighted by atomic mass is 10.1. The van der Waals surface area contributed by atoms with Gasteiger partial charge in [0.05, 0.1) is 25.2 Å². The fraction of sp³-hybridized carbons (Fsp3) is 0.333. The zero-order valence-corrected chi connectivity index (χ0v) is 14.2. The van der Waals surface area contributed by atoms with Crippen molar-refractivity contribution in [1.82, 2.24) is 9.97 Å². The summed E-state index contributed by atoms with van der Waals surface area (Å²) in [5, 5.41) is 11.8. The first-order valence-corrected chi connectivity index (χ1v) is 8.06. The maximum Gasteiger partial charge on any atom is 0.247 e. The summed E-state index contributed by atoms with van der Waals surface area (Å²) >= 11 is 0. The Bertz CT molecular complexity index is 813. The quantitative estimate of drug-likeness (QED) is 0.920. The van der Waals surface area contributed by atoms with Crippen molar-refractivity contribution < 1.29 is 9.53 Å². The first-order chi connectivity index (χ1) is 12.1. The lowest BCUT2D eigenvalue weighted by Crippen LogP contribution is -2.40. The minimum absolute atomic E-state index is 0.104. The number of amides is 1. The van der Waals surface area contributed by atoms with E-state index in [1.807, 2.05) is 36.1 Å². The van der Waals surface area contributed by atoms with Crippen LogP contribution in [0, 0.1) is 18.3 Å². The highest BCUT2D eigenvalue weighted by Gasteiger charge is 2.32. The fourth-order valence-electron chi connectivity index (χ4n) is 2.98. The third kappa shape index (κ3) is 3.53. The van der Waals surface area contributed by atoms with Gasteiger partial charge in [-0.3, -0.25) is 4.79 Å². The number of nitriles is 1. The topological polar surface area (TPSA) is 91.1 Å². The molecule has 1 saturated heterocycles. The van der Waals surface area contributed by atoms with Gasteiger partial charge in [-0.15, -0.1) is 0 Å². The van der Waals surface area contributed by atoms with E-state index in [9.17, 15) is 4.79 Å². The van der Waals surface area contributed by atoms with Crippen molar-refractivity contribution >= 4 is 17.4 Å². The van der Waals surface area contributed by atoms with E-state index in [1.165, 1.54) is 12.4 Å². The Kier molecular flexibility index (Phi) is 4.80. The molecule has 1 unspecified atom stereocenters. The number of anilines is 2. The molecule has 1 aliphatic rings. The number of rotatable bonds is 4. The number of benzene rings is 1. The number of carbonyl (C=O) groups excluding carboxylic acids is 1. The molecule has 1 aliphatic heterocycles. The molecule has 1 amide bonds. The van der Waals surface area contributed by atoms with Crippen molar-refractivity contribution in [2.24, 2.45) is 0 Å². The zero-order valence-electron chi connectivity index (χ0n) is 14.2. The molecule has 1 aromatic carbocycles. The van der Waals surface area contributed by atoms with E-state index in [0.29, 0.717) is 17.3 Å². The lowest BCUT2D eigenvalue weighted by molar-refractivity contribution is -0.117. The summed E-state index contributed by atoms with van der Waals surface area (Å²) in [6.45, 7) is 2.69. The van der Waals surface area contributed by atoms with Crippen LogP contribution in [-0.4, -0.2) is 35.6 Å². The first-order valence-electron chi connectivity index (χ1n) is 8.06. The van der Waals surface area contributed by atoms with E-state index in [4.69, 9.17) is 10.00 Å². The van der Waals surface area contributed by atoms with Crippen LogP contribution >= 0.6 is 0 Å². The van der Waals surface area contributed by atoms with Crippen LogP contribution in [0.1, 0.15) is 24.1 Å². The number of nitrogens with zero attached hydrogens (tertiary/aromatic N) is 4. The molecule has 1 aromatic heterocycles. The molecule has 0 aliphatic carbocycles. The molecule has 2 aromatic rings. The summed E-state index contributed by atoms with van der Waals surface area (Å²) < 4.78 is 5.32. The third-order valence-corrected chi connectivity index (χ3v) is 4.22. The average molecular weight is 337 g/mol. The van der Waals surface area contributed by atoms with Crippen molar-refractivity contribution in [2.75, 3.05) is 23.9 Å². The van der Waals surface area contributed by atoms with Gasteiger partial charge in [0.25, 0.3) is 0 Å². The first kappa shape index (κ1) is 16.7. The van der Waals surface area contributed by atoms with Crippen LogP contribution in [0.2, 0.25) is 0 Å². The van der Waals surface area contributed by atoms with Crippen LogP contribution < -0.4 is 15.0 Å². The molecule has 25 heavy (non-hydrogen) atoms. The Balaban J connectivity index is 1.79. The molecular weight excluding hydrogens is 318 g/mol. The minimum Gasteiger partial charge on any atom is -0.495 e. The molecule has 1 N–H and O–H groups in total. The number of nitrogens with one attached hydrogen (secondary N) is 1. The van der Waals surface area contributed by atoms with Gasteiger partial charge in [0.15, 0.2) is 5.69 Å². The van der Waals surface area contributed by atoms with Crippen molar-refractivity contribution in [3.05, 3.63) is 41.9 Å². The highest BCUT2D eigenvalue weighted by Crippen LogP contribution is 2.28. The SMILES string of the molecule is COc1ccc(C)cc1NC(=O)C1CCCN1c1cnc(C#N)cn1. The molecule has 0 spiro atoms. The van der Waals surface area contributed by atoms with Gasteiger partial charge in [0, 0.05) is 6.54 Å². The van der Waals surface area contributed by atoms with E-state index in [2.05, 4.69) is 15.3 Å². The van der Waals surface area contributed by atoms with Gasteiger partial charge in [-0.05, 0) is 37.5 Å². The molecule has 3 rings (SSSR count). The van der Waals surface area contributed by atoms with Crippen LogP contribution in [0.3, 0.4) is 0 Å². The maximum absolute atomic E-state index is 12.8. The van der Waals surface area contributed by atoms with Gasteiger partial charge in [-0.1, -0.05) is 6.07 Å². The highest BCUT2D eigenvalue weighted by molar-refractivity contribution is 5.98. The van der Waals surface area contributed by atoms with Gasteiger partial charge in [0.1, 0.15) is 23.7 Å². The molecule has 0 saturated carbocycles. The van der Waals surface area contributed by atoms with Crippen LogP contribution in [0.5, 0.6) is 5.75 Å². The van der Waals surface area contributed by atoms with Crippen LogP contribution in [0.4, 0.5) is 11.5 Å². The summed E-state index contributed by atoms with van der Waals surface area (Å²) in [5.41, 5.74) is 1.95. The summed E-state index contributed by atoms with van der Waals surface area (Å²) in [4.78, 5) is 23.0. The monoisotopic (exact) mass is 337 g/mol. The molecule has 0 radical (unpaired) electrons. The van der Waals surface area contributed by atoms with Crippen molar-refractivity contribution in [2.45, 2.75) is 25.8 Å². The second-order valence-corrected chi connectivity index (χ2v) is 5.92. The summed E-state index contributed by atoms with van der Waals surface area (Å²) in [7, 11) is 1.58. The van der Waals surface area contributed by atoms with Crippen molar-refractivity contribution in [1.29, 1.82) is 5.26 Å². The van der Waals surface area contributed by atoms with E-state index >= 15 is 0 Å². The van der Waals surface area contributed by atoms with Gasteiger partial charge < -0.3 is 15.0 Å². The summed E-state index contributed by atoms with van der Waals surface area (Å²) in [6.07, 6.45) is 4.59. The average Bonchev–Trinajstić information content (AvgIpc) is 3.12. The molecule has 1 fully saturated rings. The van der Waals surface area contributed by atoms with E-state index < -0.39 is 0 Å². The summed E-state index contributed by atoms with van der Waals surface area (Å²) in [6, 6.07) is 7.27. The minimum atomic E-state index is -0.326. The number of carbonyl (C=O) groups is 1. The molecule has 7 nitrogen and oxygen atoms in total. The van der Waals surface area contributed by atoms with Gasteiger partial charge in [-0.2, -0.15) is 5.26 Å². The Morgan fingerprint density at radius 1 is 1.40 bits per heavy atom. The Labute approximate surface area is 146 Å². The van der Waals surface area contributed by atoms with Crippen molar-refractivity contribution in [3.8, 4) is 11.8 Å². The number of aromatic nitrogens is 2. The molecule has 1 atom stereocenters. The standard InChI is InChI=1S/C18H19N5O2/c1-12-5-6-16(25-2)14(8-12)22-18(24)15-4-3-7-23(15)17-11-20-13(9-19)10-21-17/h5-6,8,10-11,15H,3-4,7H2,1-2H3,(H,22,24). The van der Waals surface area contributed by atoms with Crippen LogP contribution in [-0.2, 0) is 4.79 Å². The van der Waals surface area contributed by atoms with Gasteiger partial charge in [0.2, 0.25) is 5.91 Å². The zero-order chi connectivity index (χ0) is 17.8. The summed E-state index contributed by atoms with van der Waals surface area (Å²) in [5.74, 6) is 1.13. The normalized spacial score (nSPS) is 16.4. The smallest absolute Gasteiger partial charge is 0.247 e. The number of ether oxygens (including phenoxy) is 1. The number of methoxy groups -OCH3 is 1. The highest BCUT2D eigenvalue weighted by atomic mass is 16.5. The third-order valence-electron chi connectivity index (χ3n) is 4.22. The van der Waals surface area contributed by atoms with E-state index in [1.54, 1.807) is 7.11 Å². The Morgan fingerprint density at radius 3 is 2.92 bits per heavy atom. The molecule has 128 valence electrons. The van der Waals surface area contributed by atoms with Crippen LogP contribution in [0.15, 0.2) is 30.6 Å².